The number of thiophene rings is 1. The summed E-state index contributed by atoms with van der Waals surface area (Å²) < 4.78 is 1.60. The van der Waals surface area contributed by atoms with E-state index >= 15 is 0 Å². The molecule has 2 heterocycles. The van der Waals surface area contributed by atoms with Crippen LogP contribution >= 0.6 is 11.3 Å². The van der Waals surface area contributed by atoms with Crippen molar-refractivity contribution in [3.05, 3.63) is 26.6 Å². The molecule has 0 unspecified atom stereocenters. The first kappa shape index (κ1) is 17.3. The average Bonchev–Trinajstić information content (AvgIpc) is 2.93. The molecule has 3 rings (SSSR count). The molecule has 0 aliphatic heterocycles. The standard InChI is InChI=1S/C18H25N3O2S/c1-4-20(5-2)11-15-19-17-16(18(23)21(15)10-12(3)22)13-8-6-7-9-14(13)24-17/h4-11H2,1-3H3. The molecule has 0 saturated carbocycles. The Labute approximate surface area is 146 Å². The molecule has 0 saturated heterocycles. The molecule has 0 N–H and O–H groups in total. The Morgan fingerprint density at radius 3 is 2.62 bits per heavy atom. The van der Waals surface area contributed by atoms with Crippen LogP contribution in [-0.2, 0) is 30.7 Å². The third kappa shape index (κ3) is 3.17. The SMILES string of the molecule is CCN(CC)Cc1nc2sc3c(c2c(=O)n1CC(C)=O)CCCC3. The van der Waals surface area contributed by atoms with Crippen LogP contribution in [0.4, 0.5) is 0 Å². The van der Waals surface area contributed by atoms with Crippen molar-refractivity contribution in [1.82, 2.24) is 14.5 Å². The van der Waals surface area contributed by atoms with Crippen LogP contribution in [-0.4, -0.2) is 33.3 Å². The molecule has 130 valence electrons. The van der Waals surface area contributed by atoms with Gasteiger partial charge in [0.05, 0.1) is 18.5 Å². The molecule has 0 radical (unpaired) electrons. The lowest BCUT2D eigenvalue weighted by Gasteiger charge is -2.20. The predicted octanol–water partition coefficient (Wildman–Crippen LogP) is 2.77. The molecular weight excluding hydrogens is 322 g/mol. The fourth-order valence-corrected chi connectivity index (χ4v) is 4.70. The highest BCUT2D eigenvalue weighted by molar-refractivity contribution is 7.18. The van der Waals surface area contributed by atoms with Gasteiger partial charge in [-0.05, 0) is 51.3 Å². The molecule has 2 aromatic heterocycles. The molecule has 0 atom stereocenters. The second kappa shape index (κ2) is 7.15. The predicted molar refractivity (Wildman–Crippen MR) is 97.8 cm³/mol. The monoisotopic (exact) mass is 347 g/mol. The maximum Gasteiger partial charge on any atom is 0.263 e. The van der Waals surface area contributed by atoms with Crippen LogP contribution in [0.25, 0.3) is 10.2 Å². The third-order valence-corrected chi connectivity index (χ3v) is 5.98. The second-order valence-electron chi connectivity index (χ2n) is 6.47. The van der Waals surface area contributed by atoms with Gasteiger partial charge in [-0.2, -0.15) is 0 Å². The van der Waals surface area contributed by atoms with Crippen molar-refractivity contribution >= 4 is 27.3 Å². The Balaban J connectivity index is 2.18. The molecular formula is C18H25N3O2S. The number of fused-ring (bicyclic) bond motifs is 3. The number of nitrogens with zero attached hydrogens (tertiary/aromatic N) is 3. The summed E-state index contributed by atoms with van der Waals surface area (Å²) in [7, 11) is 0. The minimum absolute atomic E-state index is 0.0110. The highest BCUT2D eigenvalue weighted by atomic mass is 32.1. The minimum atomic E-state index is -0.0308. The van der Waals surface area contributed by atoms with E-state index in [2.05, 4.69) is 18.7 Å². The molecule has 24 heavy (non-hydrogen) atoms. The lowest BCUT2D eigenvalue weighted by molar-refractivity contribution is -0.117. The minimum Gasteiger partial charge on any atom is -0.298 e. The van der Waals surface area contributed by atoms with Gasteiger partial charge in [0.15, 0.2) is 0 Å². The van der Waals surface area contributed by atoms with E-state index in [-0.39, 0.29) is 17.9 Å². The van der Waals surface area contributed by atoms with Crippen molar-refractivity contribution in [1.29, 1.82) is 0 Å². The van der Waals surface area contributed by atoms with E-state index < -0.39 is 0 Å². The van der Waals surface area contributed by atoms with Crippen molar-refractivity contribution < 1.29 is 4.79 Å². The summed E-state index contributed by atoms with van der Waals surface area (Å²) in [4.78, 5) is 34.0. The third-order valence-electron chi connectivity index (χ3n) is 4.79. The van der Waals surface area contributed by atoms with Crippen molar-refractivity contribution in [2.24, 2.45) is 0 Å². The van der Waals surface area contributed by atoms with Gasteiger partial charge in [0.2, 0.25) is 0 Å². The first-order valence-electron chi connectivity index (χ1n) is 8.80. The van der Waals surface area contributed by atoms with Gasteiger partial charge in [0.25, 0.3) is 5.56 Å². The van der Waals surface area contributed by atoms with Gasteiger partial charge in [-0.1, -0.05) is 13.8 Å². The number of carbonyl (C=O) groups excluding carboxylic acids is 1. The summed E-state index contributed by atoms with van der Waals surface area (Å²) in [6, 6.07) is 0. The van der Waals surface area contributed by atoms with Gasteiger partial charge in [-0.15, -0.1) is 11.3 Å². The van der Waals surface area contributed by atoms with Crippen LogP contribution in [0.1, 0.15) is 49.9 Å². The van der Waals surface area contributed by atoms with Crippen LogP contribution < -0.4 is 5.56 Å². The number of aryl methyl sites for hydroxylation is 2. The largest absolute Gasteiger partial charge is 0.298 e. The summed E-state index contributed by atoms with van der Waals surface area (Å²) >= 11 is 1.67. The Kier molecular flexibility index (Phi) is 5.15. The van der Waals surface area contributed by atoms with E-state index in [1.165, 1.54) is 23.8 Å². The zero-order valence-electron chi connectivity index (χ0n) is 14.7. The smallest absolute Gasteiger partial charge is 0.263 e. The van der Waals surface area contributed by atoms with Crippen molar-refractivity contribution in [3.8, 4) is 0 Å². The fraction of sp³-hybridized carbons (Fsp3) is 0.611. The van der Waals surface area contributed by atoms with E-state index in [1.54, 1.807) is 15.9 Å². The maximum absolute atomic E-state index is 13.1. The second-order valence-corrected chi connectivity index (χ2v) is 7.56. The Morgan fingerprint density at radius 2 is 1.96 bits per heavy atom. The van der Waals surface area contributed by atoms with E-state index in [9.17, 15) is 9.59 Å². The number of rotatable bonds is 6. The van der Waals surface area contributed by atoms with Crippen molar-refractivity contribution in [2.75, 3.05) is 13.1 Å². The maximum atomic E-state index is 13.1. The molecule has 0 fully saturated rings. The van der Waals surface area contributed by atoms with Crippen LogP contribution in [0.3, 0.4) is 0 Å². The van der Waals surface area contributed by atoms with E-state index in [1.807, 2.05) is 0 Å². The number of carbonyl (C=O) groups is 1. The van der Waals surface area contributed by atoms with Crippen molar-refractivity contribution in [2.45, 2.75) is 59.5 Å². The van der Waals surface area contributed by atoms with E-state index in [4.69, 9.17) is 4.98 Å². The Morgan fingerprint density at radius 1 is 1.25 bits per heavy atom. The van der Waals surface area contributed by atoms with E-state index in [0.717, 1.165) is 42.6 Å². The topological polar surface area (TPSA) is 55.2 Å². The zero-order valence-corrected chi connectivity index (χ0v) is 15.5. The molecule has 0 spiro atoms. The molecule has 1 aliphatic rings. The molecule has 2 aromatic rings. The molecule has 1 aliphatic carbocycles. The number of hydrogen-bond donors (Lipinski definition) is 0. The van der Waals surface area contributed by atoms with Crippen LogP contribution in [0, 0.1) is 0 Å². The molecule has 0 aromatic carbocycles. The average molecular weight is 347 g/mol. The highest BCUT2D eigenvalue weighted by Gasteiger charge is 2.22. The number of aromatic nitrogens is 2. The molecule has 5 nitrogen and oxygen atoms in total. The number of Topliss-reactive ketones (excluding diaryl/α,β-unsaturated/α-hetero) is 1. The zero-order chi connectivity index (χ0) is 17.3. The van der Waals surface area contributed by atoms with Gasteiger partial charge in [0.1, 0.15) is 16.4 Å². The van der Waals surface area contributed by atoms with Crippen LogP contribution in [0.15, 0.2) is 4.79 Å². The summed E-state index contributed by atoms with van der Waals surface area (Å²) in [6.07, 6.45) is 4.33. The van der Waals surface area contributed by atoms with Gasteiger partial charge >= 0.3 is 0 Å². The Hall–Kier alpha value is -1.53. The normalized spacial score (nSPS) is 14.3. The molecule has 0 amide bonds. The van der Waals surface area contributed by atoms with Gasteiger partial charge in [0, 0.05) is 4.88 Å². The van der Waals surface area contributed by atoms with Gasteiger partial charge < -0.3 is 0 Å². The summed E-state index contributed by atoms with van der Waals surface area (Å²) in [5.41, 5.74) is 1.15. The number of hydrogen-bond acceptors (Lipinski definition) is 5. The number of ketones is 1. The fourth-order valence-electron chi connectivity index (χ4n) is 3.43. The summed E-state index contributed by atoms with van der Waals surface area (Å²) in [6.45, 7) is 8.23. The summed E-state index contributed by atoms with van der Waals surface area (Å²) in [5.74, 6) is 0.702. The first-order valence-corrected chi connectivity index (χ1v) is 9.62. The lowest BCUT2D eigenvalue weighted by Crippen LogP contribution is -2.32. The van der Waals surface area contributed by atoms with Crippen molar-refractivity contribution in [3.63, 3.8) is 0 Å². The lowest BCUT2D eigenvalue weighted by atomic mass is 9.97. The van der Waals surface area contributed by atoms with Gasteiger partial charge in [-0.3, -0.25) is 19.1 Å². The van der Waals surface area contributed by atoms with Crippen LogP contribution in [0.2, 0.25) is 0 Å². The van der Waals surface area contributed by atoms with E-state index in [0.29, 0.717) is 12.4 Å². The molecule has 0 bridgehead atoms. The Bertz CT molecular complexity index is 818. The summed E-state index contributed by atoms with van der Waals surface area (Å²) in [5, 5.41) is 0.763. The molecule has 6 heteroatoms. The highest BCUT2D eigenvalue weighted by Crippen LogP contribution is 2.33. The van der Waals surface area contributed by atoms with Crippen LogP contribution in [0.5, 0.6) is 0 Å². The quantitative estimate of drug-likeness (QED) is 0.806. The van der Waals surface area contributed by atoms with Gasteiger partial charge in [-0.25, -0.2) is 4.98 Å². The first-order chi connectivity index (χ1) is 11.5.